The van der Waals surface area contributed by atoms with E-state index in [2.05, 4.69) is 9.80 Å². The van der Waals surface area contributed by atoms with E-state index in [4.69, 9.17) is 5.11 Å². The van der Waals surface area contributed by atoms with E-state index in [1.54, 1.807) is 0 Å². The number of likely N-dealkylation sites (tertiary alicyclic amines) is 1. The number of rotatable bonds is 6. The molecule has 1 N–H and O–H groups in total. The molecule has 0 atom stereocenters. The van der Waals surface area contributed by atoms with E-state index in [1.165, 1.54) is 12.8 Å². The third-order valence-electron chi connectivity index (χ3n) is 4.17. The lowest BCUT2D eigenvalue weighted by molar-refractivity contribution is -0.133. The Hall–Kier alpha value is -0.650. The van der Waals surface area contributed by atoms with Gasteiger partial charge in [-0.2, -0.15) is 0 Å². The standard InChI is InChI=1S/C14H27N3O2/c18-12-4-3-5-15-8-10-17(11-9-15)14(19)13-16-6-1-2-7-16/h18H,1-13H2. The molecule has 5 heteroatoms. The lowest BCUT2D eigenvalue weighted by atomic mass is 10.2. The summed E-state index contributed by atoms with van der Waals surface area (Å²) in [6, 6.07) is 0. The van der Waals surface area contributed by atoms with Crippen LogP contribution in [0.4, 0.5) is 0 Å². The normalized spacial score (nSPS) is 22.1. The van der Waals surface area contributed by atoms with E-state index in [-0.39, 0.29) is 6.61 Å². The quantitative estimate of drug-likeness (QED) is 0.690. The van der Waals surface area contributed by atoms with Crippen LogP contribution in [0, 0.1) is 0 Å². The van der Waals surface area contributed by atoms with Gasteiger partial charge in [-0.15, -0.1) is 0 Å². The number of piperazine rings is 1. The number of amides is 1. The van der Waals surface area contributed by atoms with Crippen LogP contribution in [-0.2, 0) is 4.79 Å². The van der Waals surface area contributed by atoms with E-state index in [1.807, 2.05) is 4.90 Å². The van der Waals surface area contributed by atoms with Gasteiger partial charge in [0.1, 0.15) is 0 Å². The average molecular weight is 269 g/mol. The van der Waals surface area contributed by atoms with Gasteiger partial charge in [-0.1, -0.05) is 0 Å². The van der Waals surface area contributed by atoms with Gasteiger partial charge in [0.25, 0.3) is 0 Å². The molecule has 0 aromatic carbocycles. The fraction of sp³-hybridized carbons (Fsp3) is 0.929. The molecule has 0 aromatic rings. The zero-order chi connectivity index (χ0) is 13.5. The highest BCUT2D eigenvalue weighted by molar-refractivity contribution is 5.78. The van der Waals surface area contributed by atoms with Gasteiger partial charge in [-0.05, 0) is 45.3 Å². The number of hydrogen-bond donors (Lipinski definition) is 1. The summed E-state index contributed by atoms with van der Waals surface area (Å²) in [7, 11) is 0. The minimum atomic E-state index is 0.286. The van der Waals surface area contributed by atoms with Crippen molar-refractivity contribution in [2.75, 3.05) is 59.0 Å². The van der Waals surface area contributed by atoms with Crippen LogP contribution in [0.15, 0.2) is 0 Å². The zero-order valence-corrected chi connectivity index (χ0v) is 11.9. The first-order valence-electron chi connectivity index (χ1n) is 7.63. The first-order chi connectivity index (χ1) is 9.29. The fourth-order valence-electron chi connectivity index (χ4n) is 2.90. The second-order valence-electron chi connectivity index (χ2n) is 5.64. The topological polar surface area (TPSA) is 47.0 Å². The number of nitrogens with zero attached hydrogens (tertiary/aromatic N) is 3. The molecule has 19 heavy (non-hydrogen) atoms. The van der Waals surface area contributed by atoms with E-state index in [9.17, 15) is 4.79 Å². The van der Waals surface area contributed by atoms with E-state index < -0.39 is 0 Å². The molecule has 2 fully saturated rings. The van der Waals surface area contributed by atoms with E-state index in [0.29, 0.717) is 12.5 Å². The second kappa shape index (κ2) is 7.82. The summed E-state index contributed by atoms with van der Waals surface area (Å²) in [6.07, 6.45) is 4.42. The predicted molar refractivity (Wildman–Crippen MR) is 75.0 cm³/mol. The van der Waals surface area contributed by atoms with Crippen molar-refractivity contribution in [1.29, 1.82) is 0 Å². The van der Waals surface area contributed by atoms with Crippen LogP contribution in [0.25, 0.3) is 0 Å². The molecule has 2 aliphatic rings. The monoisotopic (exact) mass is 269 g/mol. The first-order valence-corrected chi connectivity index (χ1v) is 7.63. The lowest BCUT2D eigenvalue weighted by Crippen LogP contribution is -2.51. The lowest BCUT2D eigenvalue weighted by Gasteiger charge is -2.35. The highest BCUT2D eigenvalue weighted by atomic mass is 16.2. The van der Waals surface area contributed by atoms with Crippen molar-refractivity contribution in [2.45, 2.75) is 25.7 Å². The Morgan fingerprint density at radius 3 is 2.21 bits per heavy atom. The fourth-order valence-corrected chi connectivity index (χ4v) is 2.90. The number of unbranched alkanes of at least 4 members (excludes halogenated alkanes) is 1. The summed E-state index contributed by atoms with van der Waals surface area (Å²) in [5, 5.41) is 8.77. The molecular formula is C14H27N3O2. The van der Waals surface area contributed by atoms with Crippen LogP contribution < -0.4 is 0 Å². The summed E-state index contributed by atoms with van der Waals surface area (Å²) in [6.45, 7) is 7.83. The number of aliphatic hydroxyl groups is 1. The SMILES string of the molecule is O=C(CN1CCCC1)N1CCN(CCCCO)CC1. The smallest absolute Gasteiger partial charge is 0.236 e. The summed E-state index contributed by atoms with van der Waals surface area (Å²) >= 11 is 0. The van der Waals surface area contributed by atoms with Crippen LogP contribution in [0.2, 0.25) is 0 Å². The molecule has 2 rings (SSSR count). The first kappa shape index (κ1) is 14.8. The van der Waals surface area contributed by atoms with Gasteiger partial charge in [-0.25, -0.2) is 0 Å². The van der Waals surface area contributed by atoms with Gasteiger partial charge in [0.05, 0.1) is 6.54 Å². The molecule has 0 unspecified atom stereocenters. The molecule has 5 nitrogen and oxygen atoms in total. The Balaban J connectivity index is 1.63. The van der Waals surface area contributed by atoms with Crippen LogP contribution in [0.1, 0.15) is 25.7 Å². The molecule has 2 heterocycles. The van der Waals surface area contributed by atoms with Crippen molar-refractivity contribution < 1.29 is 9.90 Å². The largest absolute Gasteiger partial charge is 0.396 e. The molecule has 2 aliphatic heterocycles. The summed E-state index contributed by atoms with van der Waals surface area (Å²) in [5.74, 6) is 0.303. The highest BCUT2D eigenvalue weighted by Crippen LogP contribution is 2.09. The average Bonchev–Trinajstić information content (AvgIpc) is 2.93. The van der Waals surface area contributed by atoms with Crippen LogP contribution in [0.5, 0.6) is 0 Å². The number of hydrogen-bond acceptors (Lipinski definition) is 4. The molecule has 0 bridgehead atoms. The second-order valence-corrected chi connectivity index (χ2v) is 5.64. The Morgan fingerprint density at radius 2 is 1.58 bits per heavy atom. The Kier molecular flexibility index (Phi) is 6.07. The van der Waals surface area contributed by atoms with Gasteiger partial charge >= 0.3 is 0 Å². The van der Waals surface area contributed by atoms with Gasteiger partial charge in [0.15, 0.2) is 0 Å². The predicted octanol–water partition coefficient (Wildman–Crippen LogP) is -0.00110. The van der Waals surface area contributed by atoms with Crippen LogP contribution >= 0.6 is 0 Å². The Bertz CT molecular complexity index is 272. The maximum Gasteiger partial charge on any atom is 0.236 e. The molecule has 2 saturated heterocycles. The number of carbonyl (C=O) groups is 1. The molecule has 110 valence electrons. The summed E-state index contributed by atoms with van der Waals surface area (Å²) < 4.78 is 0. The van der Waals surface area contributed by atoms with Crippen molar-refractivity contribution in [2.24, 2.45) is 0 Å². The maximum atomic E-state index is 12.2. The van der Waals surface area contributed by atoms with E-state index >= 15 is 0 Å². The molecule has 0 spiro atoms. The minimum Gasteiger partial charge on any atom is -0.396 e. The van der Waals surface area contributed by atoms with Crippen molar-refractivity contribution >= 4 is 5.91 Å². The third-order valence-corrected chi connectivity index (χ3v) is 4.17. The molecular weight excluding hydrogens is 242 g/mol. The third kappa shape index (κ3) is 4.75. The molecule has 0 saturated carbocycles. The highest BCUT2D eigenvalue weighted by Gasteiger charge is 2.23. The van der Waals surface area contributed by atoms with Crippen molar-refractivity contribution in [1.82, 2.24) is 14.7 Å². The van der Waals surface area contributed by atoms with Gasteiger partial charge in [0.2, 0.25) is 5.91 Å². The van der Waals surface area contributed by atoms with Gasteiger partial charge in [0, 0.05) is 32.8 Å². The van der Waals surface area contributed by atoms with E-state index in [0.717, 1.165) is 58.7 Å². The van der Waals surface area contributed by atoms with Crippen LogP contribution in [-0.4, -0.2) is 84.7 Å². The molecule has 0 aliphatic carbocycles. The number of aliphatic hydroxyl groups excluding tert-OH is 1. The molecule has 0 aromatic heterocycles. The number of carbonyl (C=O) groups excluding carboxylic acids is 1. The van der Waals surface area contributed by atoms with Crippen molar-refractivity contribution in [3.05, 3.63) is 0 Å². The summed E-state index contributed by atoms with van der Waals surface area (Å²) in [4.78, 5) is 18.8. The molecule has 1 amide bonds. The summed E-state index contributed by atoms with van der Waals surface area (Å²) in [5.41, 5.74) is 0. The van der Waals surface area contributed by atoms with Crippen molar-refractivity contribution in [3.8, 4) is 0 Å². The van der Waals surface area contributed by atoms with Crippen molar-refractivity contribution in [3.63, 3.8) is 0 Å². The van der Waals surface area contributed by atoms with Gasteiger partial charge < -0.3 is 10.0 Å². The maximum absolute atomic E-state index is 12.2. The Morgan fingerprint density at radius 1 is 0.895 bits per heavy atom. The minimum absolute atomic E-state index is 0.286. The Labute approximate surface area is 116 Å². The van der Waals surface area contributed by atoms with Crippen LogP contribution in [0.3, 0.4) is 0 Å². The zero-order valence-electron chi connectivity index (χ0n) is 11.9. The van der Waals surface area contributed by atoms with Gasteiger partial charge in [-0.3, -0.25) is 14.6 Å². The molecule has 0 radical (unpaired) electrons.